The van der Waals surface area contributed by atoms with Crippen LogP contribution in [0.3, 0.4) is 0 Å². The van der Waals surface area contributed by atoms with E-state index in [1.54, 1.807) is 6.82 Å². The van der Waals surface area contributed by atoms with Crippen LogP contribution in [-0.2, 0) is 10.8 Å². The van der Waals surface area contributed by atoms with Crippen LogP contribution in [-0.4, -0.2) is 17.3 Å². The lowest BCUT2D eigenvalue weighted by Gasteiger charge is -2.22. The minimum Gasteiger partial charge on any atom is -0.355 e. The molecule has 1 aliphatic rings. The first-order valence-electron chi connectivity index (χ1n) is 19.7. The summed E-state index contributed by atoms with van der Waals surface area (Å²) in [6.45, 7) is 15.0. The van der Waals surface area contributed by atoms with Crippen molar-refractivity contribution < 1.29 is 4.32 Å². The summed E-state index contributed by atoms with van der Waals surface area (Å²) in [6.07, 6.45) is 0. The summed E-state index contributed by atoms with van der Waals surface area (Å²) >= 11 is 2.49. The molecule has 57 heavy (non-hydrogen) atoms. The van der Waals surface area contributed by atoms with E-state index in [9.17, 15) is 0 Å². The molecule has 0 fully saturated rings. The Bertz CT molecular complexity index is 2680. The molecule has 0 radical (unpaired) electrons. The van der Waals surface area contributed by atoms with Crippen LogP contribution in [0.4, 0.5) is 4.32 Å². The van der Waals surface area contributed by atoms with E-state index in [1.165, 1.54) is 11.1 Å². The summed E-state index contributed by atoms with van der Waals surface area (Å²) in [5, 5.41) is 2.19. The smallest absolute Gasteiger partial charge is 0.355 e. The van der Waals surface area contributed by atoms with Crippen molar-refractivity contribution >= 4 is 57.3 Å². The fourth-order valence-electron chi connectivity index (χ4n) is 7.97. The number of aromatic nitrogens is 1. The standard InChI is InChI=1S/C52H47BFIN2/c1-51(2,3)39-29-25-36(26-30-39)44-33-43(35-17-10-8-11-18-35)50(57(44)53(7)54)46(42-24-16-22-34-19-14-15-23-41(34)42)49-45(37-20-12-9-13-21-37)47(55)48(56-49)38-27-31-40(32-28-38)52(4,5)6/h8-33H,1-7H3/b49-46-. The molecule has 0 unspecified atom stereocenters. The van der Waals surface area contributed by atoms with Gasteiger partial charge in [0.25, 0.3) is 0 Å². The monoisotopic (exact) mass is 856 g/mol. The van der Waals surface area contributed by atoms with Gasteiger partial charge in [0.1, 0.15) is 0 Å². The third kappa shape index (κ3) is 7.39. The van der Waals surface area contributed by atoms with Crippen LogP contribution >= 0.6 is 22.6 Å². The molecule has 0 spiro atoms. The Morgan fingerprint density at radius 2 is 1.12 bits per heavy atom. The van der Waals surface area contributed by atoms with Crippen LogP contribution in [0, 0.1) is 0 Å². The van der Waals surface area contributed by atoms with Gasteiger partial charge in [-0.3, -0.25) is 0 Å². The van der Waals surface area contributed by atoms with Crippen molar-refractivity contribution in [2.75, 3.05) is 0 Å². The van der Waals surface area contributed by atoms with Crippen molar-refractivity contribution in [2.45, 2.75) is 59.2 Å². The number of hydrogen-bond donors (Lipinski definition) is 0. The van der Waals surface area contributed by atoms with E-state index in [2.05, 4.69) is 216 Å². The highest BCUT2D eigenvalue weighted by molar-refractivity contribution is 14.1. The lowest BCUT2D eigenvalue weighted by Crippen LogP contribution is -2.19. The Labute approximate surface area is 351 Å². The Morgan fingerprint density at radius 3 is 1.70 bits per heavy atom. The van der Waals surface area contributed by atoms with Gasteiger partial charge in [-0.25, -0.2) is 4.99 Å². The maximum Gasteiger partial charge on any atom is 0.462 e. The van der Waals surface area contributed by atoms with Crippen LogP contribution in [0.15, 0.2) is 172 Å². The Hall–Kier alpha value is -5.27. The maximum absolute atomic E-state index is 17.0. The molecule has 0 saturated heterocycles. The predicted octanol–water partition coefficient (Wildman–Crippen LogP) is 14.6. The van der Waals surface area contributed by atoms with Crippen molar-refractivity contribution in [1.29, 1.82) is 0 Å². The lowest BCUT2D eigenvalue weighted by molar-refractivity contribution is 0.590. The molecule has 2 nitrogen and oxygen atoms in total. The van der Waals surface area contributed by atoms with Gasteiger partial charge in [0.2, 0.25) is 0 Å². The highest BCUT2D eigenvalue weighted by atomic mass is 127. The first-order valence-corrected chi connectivity index (χ1v) is 20.8. The summed E-state index contributed by atoms with van der Waals surface area (Å²) < 4.78 is 19.9. The first kappa shape index (κ1) is 38.6. The summed E-state index contributed by atoms with van der Waals surface area (Å²) in [5.74, 6) is 0. The second-order valence-corrected chi connectivity index (χ2v) is 18.1. The van der Waals surface area contributed by atoms with Crippen molar-refractivity contribution in [3.8, 4) is 22.4 Å². The van der Waals surface area contributed by atoms with Gasteiger partial charge < -0.3 is 8.79 Å². The molecule has 7 aromatic rings. The quantitative estimate of drug-likeness (QED) is 0.112. The van der Waals surface area contributed by atoms with Gasteiger partial charge in [-0.2, -0.15) is 0 Å². The third-order valence-electron chi connectivity index (χ3n) is 11.0. The number of aliphatic imine (C=N–C) groups is 1. The fourth-order valence-corrected chi connectivity index (χ4v) is 8.97. The average Bonchev–Trinajstić information content (AvgIpc) is 3.77. The molecule has 5 heteroatoms. The summed E-state index contributed by atoms with van der Waals surface area (Å²) in [7, 11) is -1.36. The molecule has 0 N–H and O–H groups in total. The van der Waals surface area contributed by atoms with E-state index < -0.39 is 7.12 Å². The van der Waals surface area contributed by atoms with Gasteiger partial charge in [0.15, 0.2) is 0 Å². The third-order valence-corrected chi connectivity index (χ3v) is 12.1. The van der Waals surface area contributed by atoms with E-state index in [0.717, 1.165) is 81.7 Å². The molecule has 0 atom stereocenters. The van der Waals surface area contributed by atoms with Crippen LogP contribution < -0.4 is 0 Å². The normalized spacial score (nSPS) is 14.3. The average molecular weight is 857 g/mol. The Morgan fingerprint density at radius 1 is 0.596 bits per heavy atom. The van der Waals surface area contributed by atoms with Gasteiger partial charge >= 0.3 is 7.12 Å². The zero-order valence-electron chi connectivity index (χ0n) is 33.7. The molecule has 8 rings (SSSR count). The highest BCUT2D eigenvalue weighted by Gasteiger charge is 2.34. The minimum atomic E-state index is -1.36. The van der Waals surface area contributed by atoms with E-state index >= 15 is 4.32 Å². The lowest BCUT2D eigenvalue weighted by atomic mass is 9.84. The predicted molar refractivity (Wildman–Crippen MR) is 251 cm³/mol. The van der Waals surface area contributed by atoms with Gasteiger partial charge in [0.05, 0.1) is 11.4 Å². The molecule has 0 bridgehead atoms. The van der Waals surface area contributed by atoms with Crippen molar-refractivity contribution in [3.05, 3.63) is 201 Å². The molecular weight excluding hydrogens is 809 g/mol. The minimum absolute atomic E-state index is 0.0111. The highest BCUT2D eigenvalue weighted by Crippen LogP contribution is 2.49. The van der Waals surface area contributed by atoms with E-state index in [1.807, 2.05) is 10.5 Å². The molecule has 1 aliphatic heterocycles. The van der Waals surface area contributed by atoms with Gasteiger partial charge in [-0.05, 0) is 90.5 Å². The van der Waals surface area contributed by atoms with Crippen LogP contribution in [0.5, 0.6) is 0 Å². The summed E-state index contributed by atoms with van der Waals surface area (Å²) in [6, 6.07) is 55.5. The van der Waals surface area contributed by atoms with Gasteiger partial charge in [0, 0.05) is 37.2 Å². The number of rotatable bonds is 7. The van der Waals surface area contributed by atoms with Gasteiger partial charge in [-0.15, -0.1) is 0 Å². The Kier molecular flexibility index (Phi) is 10.3. The first-order chi connectivity index (χ1) is 27.3. The van der Waals surface area contributed by atoms with E-state index in [0.29, 0.717) is 0 Å². The maximum atomic E-state index is 17.0. The number of fused-ring (bicyclic) bond motifs is 1. The largest absolute Gasteiger partial charge is 0.462 e. The van der Waals surface area contributed by atoms with Crippen LogP contribution in [0.2, 0.25) is 6.82 Å². The topological polar surface area (TPSA) is 17.3 Å². The SMILES string of the molecule is CB(F)n1c(-c2ccc(C(C)(C)C)cc2)cc(-c2ccccc2)c1/C(=C1\N=C(c2ccc(C(C)(C)C)cc2)C(I)=C1c1ccccc1)c1cccc2ccccc12. The molecule has 0 aliphatic carbocycles. The second-order valence-electron chi connectivity index (χ2n) is 17.0. The van der Waals surface area contributed by atoms with Crippen LogP contribution in [0.1, 0.15) is 75.1 Å². The molecule has 0 amide bonds. The number of benzene rings is 6. The molecule has 1 aromatic heterocycles. The van der Waals surface area contributed by atoms with Crippen molar-refractivity contribution in [1.82, 2.24) is 4.48 Å². The summed E-state index contributed by atoms with van der Waals surface area (Å²) in [5.41, 5.74) is 13.8. The zero-order chi connectivity index (χ0) is 40.1. The molecule has 282 valence electrons. The van der Waals surface area contributed by atoms with Crippen molar-refractivity contribution in [3.63, 3.8) is 0 Å². The number of hydrogen-bond acceptors (Lipinski definition) is 1. The Balaban J connectivity index is 1.53. The fraction of sp³-hybridized carbons (Fsp3) is 0.173. The second kappa shape index (κ2) is 15.2. The molecule has 2 heterocycles. The summed E-state index contributed by atoms with van der Waals surface area (Å²) in [4.78, 5) is 5.68. The number of allylic oxidation sites excluding steroid dienone is 2. The van der Waals surface area contributed by atoms with Gasteiger partial charge in [-0.1, -0.05) is 193 Å². The molecule has 6 aromatic carbocycles. The zero-order valence-corrected chi connectivity index (χ0v) is 35.9. The van der Waals surface area contributed by atoms with Crippen molar-refractivity contribution in [2.24, 2.45) is 4.99 Å². The molecular formula is C52H47BFIN2. The van der Waals surface area contributed by atoms with E-state index in [4.69, 9.17) is 4.99 Å². The number of halogens is 2. The molecule has 0 saturated carbocycles. The van der Waals surface area contributed by atoms with E-state index in [-0.39, 0.29) is 10.8 Å². The van der Waals surface area contributed by atoms with Crippen LogP contribution in [0.25, 0.3) is 44.3 Å². The number of nitrogens with zero attached hydrogens (tertiary/aromatic N) is 2.